The summed E-state index contributed by atoms with van der Waals surface area (Å²) in [6, 6.07) is -0.139. The predicted octanol–water partition coefficient (Wildman–Crippen LogP) is 0.647. The molecule has 0 bridgehead atoms. The first-order valence-corrected chi connectivity index (χ1v) is 7.02. The van der Waals surface area contributed by atoms with Gasteiger partial charge in [-0.15, -0.1) is 0 Å². The van der Waals surface area contributed by atoms with Crippen molar-refractivity contribution in [1.29, 1.82) is 0 Å². The molecule has 20 heavy (non-hydrogen) atoms. The van der Waals surface area contributed by atoms with Crippen LogP contribution in [0.2, 0.25) is 0 Å². The largest absolute Gasteiger partial charge is 0.462 e. The van der Waals surface area contributed by atoms with Crippen molar-refractivity contribution < 1.29 is 19.4 Å². The molecule has 0 spiro atoms. The lowest BCUT2D eigenvalue weighted by Crippen LogP contribution is -2.48. The highest BCUT2D eigenvalue weighted by Gasteiger charge is 2.30. The van der Waals surface area contributed by atoms with Crippen LogP contribution in [0.1, 0.15) is 32.6 Å². The summed E-state index contributed by atoms with van der Waals surface area (Å²) in [5, 5.41) is 11.8. The number of aliphatic hydroxyl groups is 1. The Morgan fingerprint density at radius 3 is 2.95 bits per heavy atom. The summed E-state index contributed by atoms with van der Waals surface area (Å²) < 4.78 is 10.6. The van der Waals surface area contributed by atoms with E-state index in [0.717, 1.165) is 25.8 Å². The number of esters is 1. The third-order valence-electron chi connectivity index (χ3n) is 3.33. The Morgan fingerprint density at radius 2 is 2.30 bits per heavy atom. The zero-order valence-corrected chi connectivity index (χ0v) is 12.2. The number of nitrogens with one attached hydrogen (secondary N) is 1. The molecular weight excluding hydrogens is 260 g/mol. The minimum absolute atomic E-state index is 0.129. The fraction of sp³-hybridized carbons (Fsp3) is 0.786. The molecule has 114 valence electrons. The van der Waals surface area contributed by atoms with E-state index in [0.29, 0.717) is 13.0 Å². The van der Waals surface area contributed by atoms with Gasteiger partial charge in [-0.2, -0.15) is 0 Å². The van der Waals surface area contributed by atoms with Gasteiger partial charge in [-0.3, -0.25) is 4.79 Å². The fourth-order valence-corrected chi connectivity index (χ4v) is 2.26. The SMILES string of the molecule is CCNCCC(=O)OCN1C(C#CO)CCCC1OC. The lowest BCUT2D eigenvalue weighted by Gasteiger charge is -2.37. The van der Waals surface area contributed by atoms with Crippen molar-refractivity contribution in [2.75, 3.05) is 26.9 Å². The number of ether oxygens (including phenoxy) is 2. The molecule has 1 heterocycles. The van der Waals surface area contributed by atoms with Gasteiger partial charge in [-0.05, 0) is 31.7 Å². The number of rotatable bonds is 7. The minimum Gasteiger partial charge on any atom is -0.462 e. The van der Waals surface area contributed by atoms with Crippen LogP contribution in [0.3, 0.4) is 0 Å². The van der Waals surface area contributed by atoms with Crippen LogP contribution in [-0.4, -0.2) is 55.2 Å². The van der Waals surface area contributed by atoms with Crippen molar-refractivity contribution in [3.63, 3.8) is 0 Å². The van der Waals surface area contributed by atoms with Gasteiger partial charge in [0.25, 0.3) is 0 Å². The van der Waals surface area contributed by atoms with Crippen LogP contribution in [-0.2, 0) is 14.3 Å². The van der Waals surface area contributed by atoms with Crippen LogP contribution >= 0.6 is 0 Å². The molecule has 0 aromatic rings. The van der Waals surface area contributed by atoms with Gasteiger partial charge in [-0.25, -0.2) is 4.90 Å². The molecule has 6 heteroatoms. The molecule has 2 N–H and O–H groups in total. The van der Waals surface area contributed by atoms with Crippen molar-refractivity contribution >= 4 is 5.97 Å². The fourth-order valence-electron chi connectivity index (χ4n) is 2.26. The lowest BCUT2D eigenvalue weighted by atomic mass is 10.0. The Hall–Kier alpha value is -1.29. The second-order valence-electron chi connectivity index (χ2n) is 4.66. The molecule has 2 atom stereocenters. The standard InChI is InChI=1S/C14H24N2O4/c1-3-15-9-7-14(18)20-11-16-12(8-10-17)5-4-6-13(16)19-2/h12-13,15,17H,3-7,9,11H2,1-2H3. The number of likely N-dealkylation sites (tertiary alicyclic amines) is 1. The van der Waals surface area contributed by atoms with E-state index in [1.165, 1.54) is 0 Å². The highest BCUT2D eigenvalue weighted by atomic mass is 16.6. The van der Waals surface area contributed by atoms with E-state index >= 15 is 0 Å². The van der Waals surface area contributed by atoms with Crippen LogP contribution in [0.15, 0.2) is 0 Å². The van der Waals surface area contributed by atoms with E-state index in [9.17, 15) is 4.79 Å². The number of hydrogen-bond donors (Lipinski definition) is 2. The number of methoxy groups -OCH3 is 1. The molecule has 1 aliphatic rings. The Morgan fingerprint density at radius 1 is 1.50 bits per heavy atom. The van der Waals surface area contributed by atoms with Crippen molar-refractivity contribution in [1.82, 2.24) is 10.2 Å². The quantitative estimate of drug-likeness (QED) is 0.406. The summed E-state index contributed by atoms with van der Waals surface area (Å²) in [6.45, 7) is 3.57. The van der Waals surface area contributed by atoms with Gasteiger partial charge in [0.15, 0.2) is 0 Å². The first-order chi connectivity index (χ1) is 9.72. The monoisotopic (exact) mass is 284 g/mol. The average molecular weight is 284 g/mol. The van der Waals surface area contributed by atoms with Gasteiger partial charge in [0.1, 0.15) is 19.1 Å². The van der Waals surface area contributed by atoms with Gasteiger partial charge in [0, 0.05) is 13.7 Å². The van der Waals surface area contributed by atoms with Gasteiger partial charge < -0.3 is 19.9 Å². The summed E-state index contributed by atoms with van der Waals surface area (Å²) >= 11 is 0. The summed E-state index contributed by atoms with van der Waals surface area (Å²) in [6.07, 6.45) is 4.84. The molecule has 1 saturated heterocycles. The van der Waals surface area contributed by atoms with Crippen LogP contribution in [0.5, 0.6) is 0 Å². The smallest absolute Gasteiger partial charge is 0.308 e. The van der Waals surface area contributed by atoms with Gasteiger partial charge in [-0.1, -0.05) is 6.92 Å². The number of carbonyl (C=O) groups excluding carboxylic acids is 1. The number of nitrogens with zero attached hydrogens (tertiary/aromatic N) is 1. The van der Waals surface area contributed by atoms with E-state index in [4.69, 9.17) is 14.6 Å². The second-order valence-corrected chi connectivity index (χ2v) is 4.66. The topological polar surface area (TPSA) is 71.0 Å². The Balaban J connectivity index is 2.46. The number of aliphatic hydroxyl groups excluding tert-OH is 1. The van der Waals surface area contributed by atoms with E-state index < -0.39 is 0 Å². The maximum Gasteiger partial charge on any atom is 0.308 e. The summed E-state index contributed by atoms with van der Waals surface area (Å²) in [5.74, 6) is 2.47. The molecule has 1 rings (SSSR count). The molecular formula is C14H24N2O4. The van der Waals surface area contributed by atoms with Gasteiger partial charge in [0.05, 0.1) is 12.5 Å². The maximum atomic E-state index is 11.6. The molecule has 0 aromatic carbocycles. The van der Waals surface area contributed by atoms with E-state index in [-0.39, 0.29) is 25.0 Å². The van der Waals surface area contributed by atoms with Crippen molar-refractivity contribution in [2.24, 2.45) is 0 Å². The van der Waals surface area contributed by atoms with Crippen LogP contribution in [0.25, 0.3) is 0 Å². The molecule has 6 nitrogen and oxygen atoms in total. The third-order valence-corrected chi connectivity index (χ3v) is 3.33. The molecule has 0 saturated carbocycles. The van der Waals surface area contributed by atoms with Crippen molar-refractivity contribution in [2.45, 2.75) is 44.9 Å². The molecule has 0 aliphatic carbocycles. The van der Waals surface area contributed by atoms with Crippen molar-refractivity contribution in [3.05, 3.63) is 0 Å². The Kier molecular flexibility index (Phi) is 8.04. The summed E-state index contributed by atoms with van der Waals surface area (Å²) in [7, 11) is 1.62. The average Bonchev–Trinajstić information content (AvgIpc) is 2.46. The number of piperidine rings is 1. The maximum absolute atomic E-state index is 11.6. The van der Waals surface area contributed by atoms with Crippen LogP contribution in [0.4, 0.5) is 0 Å². The van der Waals surface area contributed by atoms with E-state index in [1.807, 2.05) is 17.9 Å². The molecule has 1 fully saturated rings. The van der Waals surface area contributed by atoms with E-state index in [2.05, 4.69) is 11.2 Å². The molecule has 0 aromatic heterocycles. The van der Waals surface area contributed by atoms with Crippen molar-refractivity contribution in [3.8, 4) is 12.0 Å². The molecule has 0 amide bonds. The van der Waals surface area contributed by atoms with Crippen LogP contribution in [0, 0.1) is 12.0 Å². The highest BCUT2D eigenvalue weighted by Crippen LogP contribution is 2.23. The second kappa shape index (κ2) is 9.59. The molecule has 1 aliphatic heterocycles. The zero-order valence-electron chi connectivity index (χ0n) is 12.2. The van der Waals surface area contributed by atoms with E-state index in [1.54, 1.807) is 7.11 Å². The highest BCUT2D eigenvalue weighted by molar-refractivity contribution is 5.69. The number of hydrogen-bond acceptors (Lipinski definition) is 6. The van der Waals surface area contributed by atoms with Gasteiger partial charge in [0.2, 0.25) is 0 Å². The normalized spacial score (nSPS) is 22.9. The Bertz CT molecular complexity index is 351. The van der Waals surface area contributed by atoms with Gasteiger partial charge >= 0.3 is 5.97 Å². The summed E-state index contributed by atoms with van der Waals surface area (Å²) in [4.78, 5) is 13.5. The Labute approximate surface area is 120 Å². The first kappa shape index (κ1) is 16.8. The lowest BCUT2D eigenvalue weighted by molar-refractivity contribution is -0.161. The summed E-state index contributed by atoms with van der Waals surface area (Å²) in [5.41, 5.74) is 0. The predicted molar refractivity (Wildman–Crippen MR) is 74.1 cm³/mol. The minimum atomic E-state index is -0.248. The third kappa shape index (κ3) is 5.37. The number of carbonyl (C=O) groups is 1. The van der Waals surface area contributed by atoms with Crippen LogP contribution < -0.4 is 5.32 Å². The molecule has 2 unspecified atom stereocenters. The molecule has 0 radical (unpaired) electrons. The zero-order chi connectivity index (χ0) is 14.8. The first-order valence-electron chi connectivity index (χ1n) is 7.02.